The van der Waals surface area contributed by atoms with E-state index in [0.717, 1.165) is 25.1 Å². The van der Waals surface area contributed by atoms with E-state index in [0.29, 0.717) is 50.2 Å². The number of methoxy groups -OCH3 is 2. The average molecular weight is 889 g/mol. The van der Waals surface area contributed by atoms with Crippen molar-refractivity contribution in [2.45, 2.75) is 51.7 Å². The van der Waals surface area contributed by atoms with Crippen LogP contribution in [0, 0.1) is 18.3 Å². The van der Waals surface area contributed by atoms with E-state index in [4.69, 9.17) is 26.2 Å². The number of carbonyl (C=O) groups is 2. The number of hydrogen-bond acceptors (Lipinski definition) is 11. The molecule has 322 valence electrons. The third-order valence-corrected chi connectivity index (χ3v) is 14.8. The molecule has 16 nitrogen and oxygen atoms in total. The Balaban J connectivity index is 1.03. The molecular weight excluding hydrogens is 848 g/mol. The van der Waals surface area contributed by atoms with Crippen molar-refractivity contribution in [3.05, 3.63) is 125 Å². The first-order valence-electron chi connectivity index (χ1n) is 20.3. The number of imide groups is 1. The zero-order chi connectivity index (χ0) is 44.4. The number of anilines is 1. The van der Waals surface area contributed by atoms with Crippen LogP contribution >= 0.6 is 22.9 Å². The Kier molecular flexibility index (Phi) is 9.24. The van der Waals surface area contributed by atoms with Crippen LogP contribution in [0.3, 0.4) is 0 Å². The van der Waals surface area contributed by atoms with Crippen molar-refractivity contribution in [3.63, 3.8) is 0 Å². The van der Waals surface area contributed by atoms with Crippen LogP contribution in [0.4, 0.5) is 5.82 Å². The maximum absolute atomic E-state index is 15.1. The van der Waals surface area contributed by atoms with Gasteiger partial charge in [-0.25, -0.2) is 33.4 Å². The van der Waals surface area contributed by atoms with Crippen LogP contribution in [-0.4, -0.2) is 64.4 Å². The Morgan fingerprint density at radius 1 is 0.968 bits per heavy atom. The van der Waals surface area contributed by atoms with Crippen molar-refractivity contribution < 1.29 is 24.2 Å². The number of nitrogens with zero attached hydrogens (tertiary/aromatic N) is 8. The molecule has 1 saturated carbocycles. The second-order valence-corrected chi connectivity index (χ2v) is 18.0. The number of amides is 2. The normalized spacial score (nSPS) is 20.6. The van der Waals surface area contributed by atoms with Crippen LogP contribution < -0.4 is 31.3 Å². The summed E-state index contributed by atoms with van der Waals surface area (Å²) in [5, 5.41) is 17.1. The van der Waals surface area contributed by atoms with Crippen molar-refractivity contribution in [2.24, 2.45) is 25.4 Å². The summed E-state index contributed by atoms with van der Waals surface area (Å²) in [4.78, 5) is 79.0. The summed E-state index contributed by atoms with van der Waals surface area (Å²) in [5.41, 5.74) is 1.01. The molecule has 2 aliphatic heterocycles. The zero-order valence-corrected chi connectivity index (χ0v) is 36.7. The number of ether oxygens (including phenoxy) is 2. The number of aromatic nitrogens is 7. The molecule has 63 heavy (non-hydrogen) atoms. The highest BCUT2D eigenvalue weighted by molar-refractivity contribution is 7.22. The number of benzene rings is 3. The Labute approximate surface area is 367 Å². The highest BCUT2D eigenvalue weighted by atomic mass is 35.5. The van der Waals surface area contributed by atoms with Crippen LogP contribution in [0.5, 0.6) is 17.2 Å². The van der Waals surface area contributed by atoms with Gasteiger partial charge < -0.3 is 19.1 Å². The summed E-state index contributed by atoms with van der Waals surface area (Å²) >= 11 is 7.87. The lowest BCUT2D eigenvalue weighted by molar-refractivity contribution is -0.129. The Morgan fingerprint density at radius 3 is 2.48 bits per heavy atom. The molecule has 1 aliphatic carbocycles. The third-order valence-electron chi connectivity index (χ3n) is 13.3. The predicted octanol–water partition coefficient (Wildman–Crippen LogP) is 5.47. The molecule has 7 aromatic rings. The van der Waals surface area contributed by atoms with Gasteiger partial charge in [0, 0.05) is 60.9 Å². The summed E-state index contributed by atoms with van der Waals surface area (Å²) < 4.78 is 18.7. The largest absolute Gasteiger partial charge is 0.508 e. The molecule has 1 saturated heterocycles. The lowest BCUT2D eigenvalue weighted by Gasteiger charge is -2.47. The zero-order valence-electron chi connectivity index (χ0n) is 35.1. The number of carbonyl (C=O) groups excluding carboxylic acids is 2. The lowest BCUT2D eigenvalue weighted by atomic mass is 9.56. The number of fused-ring (bicyclic) bond motifs is 6. The molecular formula is C45H41ClN8O8S. The summed E-state index contributed by atoms with van der Waals surface area (Å²) in [6.07, 6.45) is 1.87. The number of allylic oxidation sites excluding steroid dienone is 2. The Bertz CT molecular complexity index is 3350. The number of aryl methyl sites for hydroxylation is 4. The van der Waals surface area contributed by atoms with Gasteiger partial charge in [0.2, 0.25) is 11.8 Å². The van der Waals surface area contributed by atoms with Gasteiger partial charge in [0.25, 0.3) is 5.56 Å². The minimum Gasteiger partial charge on any atom is -0.508 e. The molecule has 0 radical (unpaired) electrons. The molecule has 0 bridgehead atoms. The van der Waals surface area contributed by atoms with Gasteiger partial charge in [0.15, 0.2) is 11.5 Å². The van der Waals surface area contributed by atoms with Gasteiger partial charge in [-0.15, -0.1) is 11.3 Å². The first kappa shape index (κ1) is 40.4. The van der Waals surface area contributed by atoms with Crippen molar-refractivity contribution in [3.8, 4) is 27.8 Å². The second-order valence-electron chi connectivity index (χ2n) is 16.5. The minimum atomic E-state index is -1.36. The van der Waals surface area contributed by atoms with Crippen LogP contribution in [0.1, 0.15) is 42.1 Å². The molecule has 0 spiro atoms. The molecule has 4 atom stereocenters. The number of rotatable bonds is 8. The van der Waals surface area contributed by atoms with E-state index in [1.54, 1.807) is 68.8 Å². The molecule has 10 rings (SSSR count). The van der Waals surface area contributed by atoms with Gasteiger partial charge >= 0.3 is 11.4 Å². The summed E-state index contributed by atoms with van der Waals surface area (Å²) in [7, 11) is 6.30. The van der Waals surface area contributed by atoms with Crippen LogP contribution in [0.25, 0.3) is 31.7 Å². The monoisotopic (exact) mass is 888 g/mol. The maximum Gasteiger partial charge on any atom is 0.347 e. The van der Waals surface area contributed by atoms with Crippen molar-refractivity contribution >= 4 is 61.7 Å². The van der Waals surface area contributed by atoms with Gasteiger partial charge in [-0.1, -0.05) is 29.8 Å². The van der Waals surface area contributed by atoms with Crippen LogP contribution in [-0.2, 0) is 43.2 Å². The van der Waals surface area contributed by atoms with E-state index in [9.17, 15) is 24.3 Å². The first-order chi connectivity index (χ1) is 30.2. The fourth-order valence-electron chi connectivity index (χ4n) is 10.1. The highest BCUT2D eigenvalue weighted by Gasteiger charge is 2.66. The SMILES string of the molecule is COc1cc2nc(CCn3c(=O)n4n(c3=O)[C@@H]3C[C@H]5C(=O)N(c6cc(-c7sc8ccc(Cl)cc8c7C)nn6C)C(=O)[C@@]5(C)[C@@H](c5cccc(O)c5)C3=CC4)c(=O)n(C)c2cc1OC. The Hall–Kier alpha value is -6.72. The molecule has 3 aromatic carbocycles. The quantitative estimate of drug-likeness (QED) is 0.152. The van der Waals surface area contributed by atoms with Gasteiger partial charge in [-0.3, -0.25) is 19.1 Å². The molecule has 4 aromatic heterocycles. The van der Waals surface area contributed by atoms with E-state index in [1.165, 1.54) is 43.8 Å². The van der Waals surface area contributed by atoms with E-state index < -0.39 is 52.0 Å². The van der Waals surface area contributed by atoms with Gasteiger partial charge in [0.05, 0.1) is 54.0 Å². The number of hydrogen-bond donors (Lipinski definition) is 1. The smallest absolute Gasteiger partial charge is 0.347 e. The van der Waals surface area contributed by atoms with E-state index in [2.05, 4.69) is 4.98 Å². The van der Waals surface area contributed by atoms with E-state index in [1.807, 2.05) is 31.2 Å². The highest BCUT2D eigenvalue weighted by Crippen LogP contribution is 2.61. The topological polar surface area (TPSA) is 178 Å². The van der Waals surface area contributed by atoms with Gasteiger partial charge in [0.1, 0.15) is 23.0 Å². The van der Waals surface area contributed by atoms with Crippen molar-refractivity contribution in [2.75, 3.05) is 19.1 Å². The van der Waals surface area contributed by atoms with Gasteiger partial charge in [-0.2, -0.15) is 5.10 Å². The molecule has 2 amide bonds. The number of phenolic OH excluding ortho intramolecular Hbond substituents is 1. The number of phenols is 1. The molecule has 1 N–H and O–H groups in total. The Morgan fingerprint density at radius 2 is 1.73 bits per heavy atom. The molecule has 18 heteroatoms. The molecule has 2 fully saturated rings. The lowest BCUT2D eigenvalue weighted by Crippen LogP contribution is -2.49. The van der Waals surface area contributed by atoms with Crippen LogP contribution in [0.15, 0.2) is 86.7 Å². The molecule has 3 aliphatic rings. The minimum absolute atomic E-state index is 0.0112. The van der Waals surface area contributed by atoms with Crippen LogP contribution in [0.2, 0.25) is 5.02 Å². The van der Waals surface area contributed by atoms with Gasteiger partial charge in [-0.05, 0) is 72.7 Å². The number of thiophene rings is 1. The first-order valence-corrected chi connectivity index (χ1v) is 21.5. The summed E-state index contributed by atoms with van der Waals surface area (Å²) in [6, 6.07) is 16.6. The predicted molar refractivity (Wildman–Crippen MR) is 237 cm³/mol. The van der Waals surface area contributed by atoms with Crippen molar-refractivity contribution in [1.29, 1.82) is 0 Å². The number of aromatic hydroxyl groups is 1. The van der Waals surface area contributed by atoms with Crippen molar-refractivity contribution in [1.82, 2.24) is 33.3 Å². The maximum atomic E-state index is 15.1. The standard InChI is InChI=1S/C45H41ClN8O8S/c1-22-27-17-24(46)10-11-36(27)63-39(22)31-20-37(50(4)48-31)53-40(56)28-18-32-26(38(45(28,2)42(53)58)23-8-7-9-25(55)16-23)12-15-52-43(59)51(44(60)54(32)52)14-13-29-41(57)49(3)33-21-35(62-6)34(61-5)19-30(33)47-29/h7-12,16-17,19-21,28,32,38,55H,13-15,18H2,1-6H3/t28-,32+,38-,45+/m0/s1. The summed E-state index contributed by atoms with van der Waals surface area (Å²) in [6.45, 7) is 3.63. The molecule has 0 unspecified atom stereocenters. The average Bonchev–Trinajstić information content (AvgIpc) is 3.93. The fourth-order valence-corrected chi connectivity index (χ4v) is 11.4. The summed E-state index contributed by atoms with van der Waals surface area (Å²) in [5.74, 6) is -1.47. The molecule has 6 heterocycles. The second kappa shape index (κ2) is 14.4. The fraction of sp³-hybridized carbons (Fsp3) is 0.311. The van der Waals surface area contributed by atoms with E-state index in [-0.39, 0.29) is 37.4 Å². The number of halogens is 1. The van der Waals surface area contributed by atoms with E-state index >= 15 is 4.79 Å². The third kappa shape index (κ3) is 5.81.